The molecule has 0 aliphatic heterocycles. The number of Topliss-reactive ketones (excluding diaryl/α,β-unsaturated/α-hetero) is 1. The van der Waals surface area contributed by atoms with Gasteiger partial charge in [0, 0.05) is 29.6 Å². The van der Waals surface area contributed by atoms with Gasteiger partial charge in [-0.2, -0.15) is 0 Å². The number of rotatable bonds is 8. The van der Waals surface area contributed by atoms with Crippen LogP contribution in [0.4, 0.5) is 22.0 Å². The number of carbonyl (C=O) groups is 2. The smallest absolute Gasteiger partial charge is 0.260 e. The van der Waals surface area contributed by atoms with E-state index in [1.54, 1.807) is 39.0 Å². The molecule has 1 unspecified atom stereocenters. The molecule has 0 radical (unpaired) electrons. The second-order valence-electron chi connectivity index (χ2n) is 11.3. The highest BCUT2D eigenvalue weighted by molar-refractivity contribution is 6.69. The van der Waals surface area contributed by atoms with E-state index >= 15 is 0 Å². The van der Waals surface area contributed by atoms with E-state index in [-0.39, 0.29) is 18.9 Å². The zero-order valence-electron chi connectivity index (χ0n) is 22.3. The fourth-order valence-electron chi connectivity index (χ4n) is 4.38. The molecule has 208 valence electrons. The van der Waals surface area contributed by atoms with Crippen molar-refractivity contribution in [2.24, 2.45) is 0 Å². The van der Waals surface area contributed by atoms with Crippen LogP contribution in [0, 0.1) is 29.1 Å². The van der Waals surface area contributed by atoms with Gasteiger partial charge in [-0.3, -0.25) is 9.59 Å². The third-order valence-electron chi connectivity index (χ3n) is 6.07. The summed E-state index contributed by atoms with van der Waals surface area (Å²) in [5, 5.41) is 0. The molecule has 0 N–H and O–H groups in total. The van der Waals surface area contributed by atoms with Crippen molar-refractivity contribution in [1.82, 2.24) is 4.90 Å². The summed E-state index contributed by atoms with van der Waals surface area (Å²) in [6.45, 7) is 10.1. The van der Waals surface area contributed by atoms with Gasteiger partial charge in [-0.25, -0.2) is 22.0 Å². The van der Waals surface area contributed by atoms with E-state index in [2.05, 4.69) is 0 Å². The van der Waals surface area contributed by atoms with E-state index in [1.807, 2.05) is 19.6 Å². The summed E-state index contributed by atoms with van der Waals surface area (Å²) in [7, 11) is -2.27. The molecule has 2 aromatic rings. The maximum Gasteiger partial charge on any atom is 0.260 e. The Balaban J connectivity index is 1.95. The second kappa shape index (κ2) is 11.1. The number of benzene rings is 2. The first kappa shape index (κ1) is 29.8. The van der Waals surface area contributed by atoms with Crippen molar-refractivity contribution >= 4 is 20.0 Å². The summed E-state index contributed by atoms with van der Waals surface area (Å²) in [6, 6.07) is 5.17. The van der Waals surface area contributed by atoms with E-state index in [4.69, 9.17) is 9.16 Å². The van der Waals surface area contributed by atoms with E-state index in [0.717, 1.165) is 10.5 Å². The molecule has 1 amide bonds. The molecule has 5 nitrogen and oxygen atoms in total. The van der Waals surface area contributed by atoms with Crippen molar-refractivity contribution in [3.8, 4) is 5.75 Å². The summed E-state index contributed by atoms with van der Waals surface area (Å²) in [4.78, 5) is 26.6. The van der Waals surface area contributed by atoms with Crippen molar-refractivity contribution in [3.05, 3.63) is 64.0 Å². The Labute approximate surface area is 220 Å². The molecule has 38 heavy (non-hydrogen) atoms. The van der Waals surface area contributed by atoms with Crippen LogP contribution in [0.15, 0.2) is 18.2 Å². The quantitative estimate of drug-likeness (QED) is 0.162. The molecular formula is C27H32F5NO4Si. The van der Waals surface area contributed by atoms with Crippen molar-refractivity contribution in [2.75, 3.05) is 13.2 Å². The molecule has 0 heterocycles. The lowest BCUT2D eigenvalue weighted by molar-refractivity contribution is 0.0307. The monoisotopic (exact) mass is 557 g/mol. The second-order valence-corrected chi connectivity index (χ2v) is 15.7. The topological polar surface area (TPSA) is 55.8 Å². The van der Waals surface area contributed by atoms with Gasteiger partial charge in [-0.1, -0.05) is 12.1 Å². The van der Waals surface area contributed by atoms with Crippen LogP contribution in [0.1, 0.15) is 59.9 Å². The van der Waals surface area contributed by atoms with Crippen molar-refractivity contribution in [3.63, 3.8) is 0 Å². The number of carbonyl (C=O) groups excluding carboxylic acids is 2. The van der Waals surface area contributed by atoms with Gasteiger partial charge in [0.05, 0.1) is 6.10 Å². The molecule has 0 saturated heterocycles. The molecule has 2 aromatic carbocycles. The zero-order valence-corrected chi connectivity index (χ0v) is 23.3. The summed E-state index contributed by atoms with van der Waals surface area (Å²) >= 11 is 0. The molecule has 1 aliphatic carbocycles. The number of hydrogen-bond donors (Lipinski definition) is 0. The molecule has 0 fully saturated rings. The maximum absolute atomic E-state index is 14.5. The lowest BCUT2D eigenvalue weighted by atomic mass is 9.90. The van der Waals surface area contributed by atoms with Gasteiger partial charge >= 0.3 is 0 Å². The Kier molecular flexibility index (Phi) is 8.72. The van der Waals surface area contributed by atoms with Crippen LogP contribution in [0.5, 0.6) is 5.75 Å². The van der Waals surface area contributed by atoms with Crippen LogP contribution < -0.4 is 4.74 Å². The van der Waals surface area contributed by atoms with Gasteiger partial charge in [-0.15, -0.1) is 0 Å². The van der Waals surface area contributed by atoms with Crippen LogP contribution in [0.2, 0.25) is 19.6 Å². The Morgan fingerprint density at radius 3 is 2.11 bits per heavy atom. The van der Waals surface area contributed by atoms with Gasteiger partial charge in [0.15, 0.2) is 37.4 Å². The normalized spacial score (nSPS) is 14.8. The zero-order chi connectivity index (χ0) is 28.6. The number of ether oxygens (including phenoxy) is 1. The molecule has 0 aromatic heterocycles. The minimum atomic E-state index is -2.34. The Morgan fingerprint density at radius 2 is 1.55 bits per heavy atom. The number of fused-ring (bicyclic) bond motifs is 1. The highest BCUT2D eigenvalue weighted by atomic mass is 28.4. The van der Waals surface area contributed by atoms with Crippen LogP contribution in [-0.2, 0) is 10.8 Å². The minimum absolute atomic E-state index is 0.0268. The van der Waals surface area contributed by atoms with Crippen molar-refractivity contribution < 1.29 is 40.7 Å². The van der Waals surface area contributed by atoms with E-state index in [1.165, 1.54) is 0 Å². The number of nitrogens with zero attached hydrogens (tertiary/aromatic N) is 1. The van der Waals surface area contributed by atoms with Gasteiger partial charge in [0.1, 0.15) is 17.9 Å². The number of ketones is 1. The Bertz CT molecular complexity index is 1210. The predicted octanol–water partition coefficient (Wildman–Crippen LogP) is 6.44. The average molecular weight is 558 g/mol. The van der Waals surface area contributed by atoms with Crippen LogP contribution in [-0.4, -0.2) is 49.7 Å². The van der Waals surface area contributed by atoms with E-state index in [9.17, 15) is 31.5 Å². The lowest BCUT2D eigenvalue weighted by Gasteiger charge is -2.39. The number of halogens is 5. The number of hydrogen-bond acceptors (Lipinski definition) is 4. The lowest BCUT2D eigenvalue weighted by Crippen LogP contribution is -2.52. The Morgan fingerprint density at radius 1 is 0.974 bits per heavy atom. The summed E-state index contributed by atoms with van der Waals surface area (Å²) < 4.78 is 82.7. The van der Waals surface area contributed by atoms with E-state index < -0.39 is 60.5 Å². The molecule has 0 bridgehead atoms. The molecule has 3 rings (SSSR count). The van der Waals surface area contributed by atoms with Gasteiger partial charge < -0.3 is 14.1 Å². The van der Waals surface area contributed by atoms with Crippen LogP contribution in [0.3, 0.4) is 0 Å². The molecule has 0 saturated carbocycles. The standard InChI is InChI=1S/C27H32F5NO4Si/c1-27(2,3)33(26(35)20-21(28)23(30)25(32)24(31)22(20)29)13-15(37-38(4,5)6)14-36-19-12-8-9-16-17(19)10-7-11-18(16)34/h8-9,12,15H,7,10-11,13-14H2,1-6H3. The third kappa shape index (κ3) is 6.43. The van der Waals surface area contributed by atoms with E-state index in [0.29, 0.717) is 30.6 Å². The first-order valence-electron chi connectivity index (χ1n) is 12.3. The first-order chi connectivity index (χ1) is 17.5. The summed E-state index contributed by atoms with van der Waals surface area (Å²) in [6.07, 6.45) is 0.998. The SMILES string of the molecule is CC(C)(C)N(CC(COc1cccc2c1CCCC2=O)O[Si](C)(C)C)C(=O)c1c(F)c(F)c(F)c(F)c1F. The highest BCUT2D eigenvalue weighted by Crippen LogP contribution is 2.31. The predicted molar refractivity (Wildman–Crippen MR) is 134 cm³/mol. The molecule has 11 heteroatoms. The fourth-order valence-corrected chi connectivity index (χ4v) is 5.52. The average Bonchev–Trinajstić information content (AvgIpc) is 2.82. The molecule has 1 aliphatic rings. The minimum Gasteiger partial charge on any atom is -0.491 e. The molecule has 1 atom stereocenters. The van der Waals surface area contributed by atoms with Crippen LogP contribution in [0.25, 0.3) is 0 Å². The van der Waals surface area contributed by atoms with Crippen LogP contribution >= 0.6 is 0 Å². The van der Waals surface area contributed by atoms with Crippen molar-refractivity contribution in [2.45, 2.75) is 71.3 Å². The van der Waals surface area contributed by atoms with Gasteiger partial charge in [-0.05, 0) is 59.3 Å². The van der Waals surface area contributed by atoms with Gasteiger partial charge in [0.2, 0.25) is 5.82 Å². The summed E-state index contributed by atoms with van der Waals surface area (Å²) in [5.41, 5.74) is -1.24. The van der Waals surface area contributed by atoms with Crippen molar-refractivity contribution in [1.29, 1.82) is 0 Å². The molecular weight excluding hydrogens is 525 g/mol. The summed E-state index contributed by atoms with van der Waals surface area (Å²) in [5.74, 6) is -12.0. The fraction of sp³-hybridized carbons (Fsp3) is 0.481. The highest BCUT2D eigenvalue weighted by Gasteiger charge is 2.38. The Hall–Kier alpha value is -2.79. The third-order valence-corrected chi connectivity index (χ3v) is 7.11. The maximum atomic E-state index is 14.5. The largest absolute Gasteiger partial charge is 0.491 e. The number of amides is 1. The van der Waals surface area contributed by atoms with Gasteiger partial charge in [0.25, 0.3) is 5.91 Å². The first-order valence-corrected chi connectivity index (χ1v) is 15.7. The molecule has 0 spiro atoms.